The molecule has 0 spiro atoms. The van der Waals surface area contributed by atoms with Gasteiger partial charge in [0.05, 0.1) is 0 Å². The van der Waals surface area contributed by atoms with Crippen LogP contribution in [0, 0.1) is 0 Å². The highest BCUT2D eigenvalue weighted by Gasteiger charge is 2.29. The van der Waals surface area contributed by atoms with Gasteiger partial charge < -0.3 is 21.7 Å². The Morgan fingerprint density at radius 1 is 1.33 bits per heavy atom. The van der Waals surface area contributed by atoms with E-state index in [0.717, 1.165) is 0 Å². The molecule has 18 heavy (non-hydrogen) atoms. The molecule has 0 bridgehead atoms. The zero-order chi connectivity index (χ0) is 13.3. The molecule has 1 aliphatic rings. The van der Waals surface area contributed by atoms with Crippen LogP contribution in [0.15, 0.2) is 18.2 Å². The molecule has 5 N–H and O–H groups in total. The average Bonchev–Trinajstić information content (AvgIpc) is 2.30. The zero-order valence-electron chi connectivity index (χ0n) is 10.1. The summed E-state index contributed by atoms with van der Waals surface area (Å²) in [7, 11) is 0. The molecule has 0 saturated carbocycles. The van der Waals surface area contributed by atoms with Crippen molar-refractivity contribution in [3.63, 3.8) is 0 Å². The lowest BCUT2D eigenvalue weighted by Crippen LogP contribution is -2.55. The maximum atomic E-state index is 12.3. The van der Waals surface area contributed by atoms with Gasteiger partial charge in [0.1, 0.15) is 6.04 Å². The maximum absolute atomic E-state index is 12.3. The highest BCUT2D eigenvalue weighted by Crippen LogP contribution is 2.17. The minimum Gasteiger partial charge on any atom is -0.399 e. The number of carbonyl (C=O) groups is 2. The van der Waals surface area contributed by atoms with E-state index >= 15 is 0 Å². The fourth-order valence-electron chi connectivity index (χ4n) is 2.03. The Balaban J connectivity index is 2.27. The normalized spacial score (nSPS) is 19.5. The molecule has 1 saturated heterocycles. The van der Waals surface area contributed by atoms with Crippen LogP contribution < -0.4 is 16.8 Å². The number of nitrogens with zero attached hydrogens (tertiary/aromatic N) is 1. The van der Waals surface area contributed by atoms with Gasteiger partial charge in [-0.2, -0.15) is 0 Å². The standard InChI is InChI=1S/C12H16N4O2/c1-7-11(17)15-2-3-16(7)12(18)8-4-9(13)6-10(14)5-8/h4-7H,2-3,13-14H2,1H3,(H,15,17). The molecule has 1 aliphatic heterocycles. The molecule has 0 aliphatic carbocycles. The second-order valence-corrected chi connectivity index (χ2v) is 4.35. The SMILES string of the molecule is CC1C(=O)NCCN1C(=O)c1cc(N)cc(N)c1. The van der Waals surface area contributed by atoms with Gasteiger partial charge >= 0.3 is 0 Å². The van der Waals surface area contributed by atoms with Crippen molar-refractivity contribution in [3.05, 3.63) is 23.8 Å². The van der Waals surface area contributed by atoms with Crippen LogP contribution >= 0.6 is 0 Å². The first-order valence-corrected chi connectivity index (χ1v) is 5.74. The predicted octanol–water partition coefficient (Wildman–Crippen LogP) is -0.188. The summed E-state index contributed by atoms with van der Waals surface area (Å²) in [6.07, 6.45) is 0. The molecule has 0 aromatic heterocycles. The summed E-state index contributed by atoms with van der Waals surface area (Å²) in [6, 6.07) is 4.24. The van der Waals surface area contributed by atoms with Crippen molar-refractivity contribution < 1.29 is 9.59 Å². The van der Waals surface area contributed by atoms with E-state index in [9.17, 15) is 9.59 Å². The lowest BCUT2D eigenvalue weighted by atomic mass is 10.1. The smallest absolute Gasteiger partial charge is 0.254 e. The molecule has 6 nitrogen and oxygen atoms in total. The number of hydrogen-bond donors (Lipinski definition) is 3. The molecule has 2 rings (SSSR count). The summed E-state index contributed by atoms with van der Waals surface area (Å²) in [6.45, 7) is 2.65. The Bertz CT molecular complexity index is 481. The van der Waals surface area contributed by atoms with Crippen molar-refractivity contribution >= 4 is 23.2 Å². The van der Waals surface area contributed by atoms with Crippen molar-refractivity contribution in [2.75, 3.05) is 24.6 Å². The largest absolute Gasteiger partial charge is 0.399 e. The third-order valence-electron chi connectivity index (χ3n) is 2.98. The quantitative estimate of drug-likeness (QED) is 0.599. The van der Waals surface area contributed by atoms with Crippen molar-refractivity contribution in [2.45, 2.75) is 13.0 Å². The highest BCUT2D eigenvalue weighted by atomic mass is 16.2. The second kappa shape index (κ2) is 4.56. The van der Waals surface area contributed by atoms with E-state index in [1.165, 1.54) is 4.90 Å². The van der Waals surface area contributed by atoms with Gasteiger partial charge in [0, 0.05) is 30.0 Å². The molecule has 2 amide bonds. The average molecular weight is 248 g/mol. The number of anilines is 2. The Morgan fingerprint density at radius 2 is 1.94 bits per heavy atom. The first kappa shape index (κ1) is 12.2. The summed E-state index contributed by atoms with van der Waals surface area (Å²) in [5.41, 5.74) is 12.6. The Labute approximate surface area is 105 Å². The zero-order valence-corrected chi connectivity index (χ0v) is 10.1. The number of nitrogens with one attached hydrogen (secondary N) is 1. The molecule has 0 radical (unpaired) electrons. The molecule has 6 heteroatoms. The van der Waals surface area contributed by atoms with E-state index in [2.05, 4.69) is 5.32 Å². The summed E-state index contributed by atoms with van der Waals surface area (Å²) in [5, 5.41) is 2.71. The lowest BCUT2D eigenvalue weighted by molar-refractivity contribution is -0.127. The first-order chi connectivity index (χ1) is 8.49. The third kappa shape index (κ3) is 2.22. The van der Waals surface area contributed by atoms with Crippen LogP contribution in [-0.2, 0) is 4.79 Å². The van der Waals surface area contributed by atoms with Gasteiger partial charge in [-0.05, 0) is 25.1 Å². The molecule has 1 unspecified atom stereocenters. The van der Waals surface area contributed by atoms with Crippen LogP contribution in [0.25, 0.3) is 0 Å². The highest BCUT2D eigenvalue weighted by molar-refractivity contribution is 5.99. The topological polar surface area (TPSA) is 101 Å². The van der Waals surface area contributed by atoms with Gasteiger partial charge in [0.25, 0.3) is 5.91 Å². The second-order valence-electron chi connectivity index (χ2n) is 4.35. The minimum atomic E-state index is -0.478. The molecule has 1 fully saturated rings. The van der Waals surface area contributed by atoms with Crippen molar-refractivity contribution in [3.8, 4) is 0 Å². The number of hydrogen-bond acceptors (Lipinski definition) is 4. The molecule has 1 heterocycles. The Hall–Kier alpha value is -2.24. The number of nitrogen functional groups attached to an aromatic ring is 2. The van der Waals surface area contributed by atoms with Crippen molar-refractivity contribution in [1.29, 1.82) is 0 Å². The summed E-state index contributed by atoms with van der Waals surface area (Å²) < 4.78 is 0. The van der Waals surface area contributed by atoms with Crippen LogP contribution in [0.1, 0.15) is 17.3 Å². The number of rotatable bonds is 1. The van der Waals surface area contributed by atoms with E-state index in [4.69, 9.17) is 11.5 Å². The van der Waals surface area contributed by atoms with Crippen molar-refractivity contribution in [2.24, 2.45) is 0 Å². The van der Waals surface area contributed by atoms with E-state index < -0.39 is 6.04 Å². The third-order valence-corrected chi connectivity index (χ3v) is 2.98. The van der Waals surface area contributed by atoms with Gasteiger partial charge in [-0.25, -0.2) is 0 Å². The molecule has 1 atom stereocenters. The first-order valence-electron chi connectivity index (χ1n) is 5.74. The number of carbonyl (C=O) groups excluding carboxylic acids is 2. The van der Waals surface area contributed by atoms with E-state index in [0.29, 0.717) is 30.0 Å². The van der Waals surface area contributed by atoms with Crippen LogP contribution in [-0.4, -0.2) is 35.8 Å². The molecular formula is C12H16N4O2. The number of piperazine rings is 1. The Kier molecular flexibility index (Phi) is 3.10. The fraction of sp³-hybridized carbons (Fsp3) is 0.333. The van der Waals surface area contributed by atoms with Gasteiger partial charge in [-0.3, -0.25) is 9.59 Å². The molecular weight excluding hydrogens is 232 g/mol. The van der Waals surface area contributed by atoms with Gasteiger partial charge in [0.15, 0.2) is 0 Å². The minimum absolute atomic E-state index is 0.147. The monoisotopic (exact) mass is 248 g/mol. The van der Waals surface area contributed by atoms with E-state index in [1.807, 2.05) is 0 Å². The number of nitrogens with two attached hydrogens (primary N) is 2. The van der Waals surface area contributed by atoms with Crippen LogP contribution in [0.3, 0.4) is 0 Å². The summed E-state index contributed by atoms with van der Waals surface area (Å²) >= 11 is 0. The van der Waals surface area contributed by atoms with Crippen LogP contribution in [0.2, 0.25) is 0 Å². The van der Waals surface area contributed by atoms with Crippen LogP contribution in [0.4, 0.5) is 11.4 Å². The van der Waals surface area contributed by atoms with E-state index in [-0.39, 0.29) is 11.8 Å². The van der Waals surface area contributed by atoms with Crippen LogP contribution in [0.5, 0.6) is 0 Å². The predicted molar refractivity (Wildman–Crippen MR) is 68.8 cm³/mol. The van der Waals surface area contributed by atoms with Gasteiger partial charge in [-0.15, -0.1) is 0 Å². The fourth-order valence-corrected chi connectivity index (χ4v) is 2.03. The summed E-state index contributed by atoms with van der Waals surface area (Å²) in [4.78, 5) is 25.3. The van der Waals surface area contributed by atoms with E-state index in [1.54, 1.807) is 25.1 Å². The van der Waals surface area contributed by atoms with Gasteiger partial charge in [0.2, 0.25) is 5.91 Å². The van der Waals surface area contributed by atoms with Gasteiger partial charge in [-0.1, -0.05) is 0 Å². The summed E-state index contributed by atoms with van der Waals surface area (Å²) in [5.74, 6) is -0.372. The number of benzene rings is 1. The molecule has 1 aromatic carbocycles. The lowest BCUT2D eigenvalue weighted by Gasteiger charge is -2.32. The maximum Gasteiger partial charge on any atom is 0.254 e. The number of amides is 2. The van der Waals surface area contributed by atoms with Crippen molar-refractivity contribution in [1.82, 2.24) is 10.2 Å². The molecule has 96 valence electrons. The Morgan fingerprint density at radius 3 is 2.56 bits per heavy atom. The molecule has 1 aromatic rings.